The van der Waals surface area contributed by atoms with E-state index in [2.05, 4.69) is 5.32 Å². The highest BCUT2D eigenvalue weighted by molar-refractivity contribution is 5.74. The quantitative estimate of drug-likeness (QED) is 0.806. The molecule has 0 aromatic rings. The number of amides is 2. The van der Waals surface area contributed by atoms with Gasteiger partial charge in [0.15, 0.2) is 0 Å². The maximum Gasteiger partial charge on any atom is 0.317 e. The lowest BCUT2D eigenvalue weighted by atomic mass is 10.1. The molecule has 6 nitrogen and oxygen atoms in total. The Morgan fingerprint density at radius 2 is 2.15 bits per heavy atom. The molecule has 0 aliphatic carbocycles. The summed E-state index contributed by atoms with van der Waals surface area (Å²) in [5, 5.41) is 11.5. The van der Waals surface area contributed by atoms with Gasteiger partial charge in [-0.1, -0.05) is 6.92 Å². The second kappa shape index (κ2) is 6.92. The lowest BCUT2D eigenvalue weighted by Gasteiger charge is -2.41. The minimum absolute atomic E-state index is 0.0222. The standard InChI is InChI=1S/C14H26N2O4/c1-10(5-6-12(17)18)7-15-13(19)16-8-11(2)20-14(3,4)9-16/h10-11H,5-9H2,1-4H3,(H,15,19)(H,17,18). The van der Waals surface area contributed by atoms with E-state index in [0.29, 0.717) is 26.1 Å². The van der Waals surface area contributed by atoms with E-state index in [9.17, 15) is 9.59 Å². The fourth-order valence-electron chi connectivity index (χ4n) is 2.45. The number of carboxylic acid groups (broad SMARTS) is 1. The van der Waals surface area contributed by atoms with Crippen LogP contribution in [0, 0.1) is 5.92 Å². The molecule has 0 bridgehead atoms. The first-order chi connectivity index (χ1) is 9.19. The number of urea groups is 1. The van der Waals surface area contributed by atoms with Crippen LogP contribution < -0.4 is 5.32 Å². The van der Waals surface area contributed by atoms with Crippen molar-refractivity contribution in [1.29, 1.82) is 0 Å². The third-order valence-electron chi connectivity index (χ3n) is 3.31. The Balaban J connectivity index is 2.37. The molecule has 1 heterocycles. The van der Waals surface area contributed by atoms with Crippen LogP contribution in [0.2, 0.25) is 0 Å². The Bertz CT molecular complexity index is 357. The normalized spacial score (nSPS) is 23.2. The molecule has 1 rings (SSSR count). The van der Waals surface area contributed by atoms with Gasteiger partial charge in [0.05, 0.1) is 18.2 Å². The van der Waals surface area contributed by atoms with Crippen LogP contribution >= 0.6 is 0 Å². The van der Waals surface area contributed by atoms with Crippen molar-refractivity contribution in [3.63, 3.8) is 0 Å². The topological polar surface area (TPSA) is 78.9 Å². The van der Waals surface area contributed by atoms with Crippen molar-refractivity contribution in [1.82, 2.24) is 10.2 Å². The van der Waals surface area contributed by atoms with Crippen LogP contribution in [0.4, 0.5) is 4.79 Å². The molecular weight excluding hydrogens is 260 g/mol. The average molecular weight is 286 g/mol. The average Bonchev–Trinajstić information content (AvgIpc) is 2.30. The van der Waals surface area contributed by atoms with Gasteiger partial charge in [0.25, 0.3) is 0 Å². The number of carboxylic acids is 1. The minimum Gasteiger partial charge on any atom is -0.481 e. The maximum absolute atomic E-state index is 12.1. The van der Waals surface area contributed by atoms with Gasteiger partial charge in [-0.05, 0) is 33.1 Å². The highest BCUT2D eigenvalue weighted by Gasteiger charge is 2.33. The van der Waals surface area contributed by atoms with Crippen LogP contribution in [0.5, 0.6) is 0 Å². The number of ether oxygens (including phenoxy) is 1. The number of nitrogens with zero attached hydrogens (tertiary/aromatic N) is 1. The Morgan fingerprint density at radius 3 is 2.70 bits per heavy atom. The van der Waals surface area contributed by atoms with Crippen molar-refractivity contribution in [2.45, 2.75) is 52.2 Å². The summed E-state index contributed by atoms with van der Waals surface area (Å²) < 4.78 is 5.76. The third kappa shape index (κ3) is 5.77. The summed E-state index contributed by atoms with van der Waals surface area (Å²) in [6, 6.07) is -0.101. The summed E-state index contributed by atoms with van der Waals surface area (Å²) >= 11 is 0. The monoisotopic (exact) mass is 286 g/mol. The number of hydrogen-bond donors (Lipinski definition) is 2. The number of hydrogen-bond acceptors (Lipinski definition) is 3. The molecule has 1 saturated heterocycles. The maximum atomic E-state index is 12.1. The predicted octanol–water partition coefficient (Wildman–Crippen LogP) is 1.70. The molecule has 0 aromatic carbocycles. The molecule has 1 aliphatic heterocycles. The van der Waals surface area contributed by atoms with Gasteiger partial charge in [-0.15, -0.1) is 0 Å². The molecule has 0 spiro atoms. The molecule has 2 amide bonds. The minimum atomic E-state index is -0.799. The largest absolute Gasteiger partial charge is 0.481 e. The molecule has 6 heteroatoms. The molecule has 0 radical (unpaired) electrons. The molecule has 1 fully saturated rings. The second-order valence-corrected chi connectivity index (χ2v) is 6.29. The van der Waals surface area contributed by atoms with Crippen molar-refractivity contribution in [3.8, 4) is 0 Å². The summed E-state index contributed by atoms with van der Waals surface area (Å²) in [5.74, 6) is -0.645. The molecule has 2 unspecified atom stereocenters. The van der Waals surface area contributed by atoms with E-state index in [4.69, 9.17) is 9.84 Å². The summed E-state index contributed by atoms with van der Waals surface area (Å²) in [5.41, 5.74) is -0.329. The predicted molar refractivity (Wildman–Crippen MR) is 75.6 cm³/mol. The second-order valence-electron chi connectivity index (χ2n) is 6.29. The van der Waals surface area contributed by atoms with Gasteiger partial charge in [-0.3, -0.25) is 4.79 Å². The highest BCUT2D eigenvalue weighted by Crippen LogP contribution is 2.20. The summed E-state index contributed by atoms with van der Waals surface area (Å²) in [6.45, 7) is 9.48. The van der Waals surface area contributed by atoms with Crippen molar-refractivity contribution in [3.05, 3.63) is 0 Å². The highest BCUT2D eigenvalue weighted by atomic mass is 16.5. The van der Waals surface area contributed by atoms with Crippen LogP contribution in [0.25, 0.3) is 0 Å². The summed E-state index contributed by atoms with van der Waals surface area (Å²) in [7, 11) is 0. The molecule has 116 valence electrons. The van der Waals surface area contributed by atoms with Crippen LogP contribution in [0.3, 0.4) is 0 Å². The molecule has 0 aromatic heterocycles. The number of carbonyl (C=O) groups excluding carboxylic acids is 1. The molecule has 1 aliphatic rings. The first-order valence-corrected chi connectivity index (χ1v) is 7.12. The fourth-order valence-corrected chi connectivity index (χ4v) is 2.45. The first-order valence-electron chi connectivity index (χ1n) is 7.12. The van der Waals surface area contributed by atoms with Crippen LogP contribution in [-0.2, 0) is 9.53 Å². The van der Waals surface area contributed by atoms with E-state index < -0.39 is 5.97 Å². The first kappa shape index (κ1) is 16.8. The molecule has 0 saturated carbocycles. The zero-order chi connectivity index (χ0) is 15.3. The molecule has 20 heavy (non-hydrogen) atoms. The Kier molecular flexibility index (Phi) is 5.80. The zero-order valence-electron chi connectivity index (χ0n) is 12.8. The third-order valence-corrected chi connectivity index (χ3v) is 3.31. The van der Waals surface area contributed by atoms with Gasteiger partial charge in [0.2, 0.25) is 0 Å². The van der Waals surface area contributed by atoms with Crippen molar-refractivity contribution < 1.29 is 19.4 Å². The Labute approximate surface area is 120 Å². The molecule has 2 N–H and O–H groups in total. The van der Waals surface area contributed by atoms with E-state index in [-0.39, 0.29) is 30.1 Å². The van der Waals surface area contributed by atoms with Crippen LogP contribution in [0.15, 0.2) is 0 Å². The van der Waals surface area contributed by atoms with E-state index in [1.165, 1.54) is 0 Å². The number of aliphatic carboxylic acids is 1. The number of carbonyl (C=O) groups is 2. The van der Waals surface area contributed by atoms with Gasteiger partial charge in [0.1, 0.15) is 0 Å². The Morgan fingerprint density at radius 1 is 1.50 bits per heavy atom. The molecular formula is C14H26N2O4. The lowest BCUT2D eigenvalue weighted by molar-refractivity contribution is -0.137. The zero-order valence-corrected chi connectivity index (χ0v) is 12.8. The number of rotatable bonds is 5. The fraction of sp³-hybridized carbons (Fsp3) is 0.857. The summed E-state index contributed by atoms with van der Waals surface area (Å²) in [6.07, 6.45) is 0.730. The van der Waals surface area contributed by atoms with Crippen molar-refractivity contribution in [2.75, 3.05) is 19.6 Å². The van der Waals surface area contributed by atoms with E-state index in [1.54, 1.807) is 4.90 Å². The van der Waals surface area contributed by atoms with Crippen LogP contribution in [-0.4, -0.2) is 53.3 Å². The smallest absolute Gasteiger partial charge is 0.317 e. The molecule has 2 atom stereocenters. The van der Waals surface area contributed by atoms with Gasteiger partial charge in [-0.25, -0.2) is 4.79 Å². The lowest BCUT2D eigenvalue weighted by Crippen LogP contribution is -2.56. The van der Waals surface area contributed by atoms with Gasteiger partial charge in [0, 0.05) is 19.5 Å². The van der Waals surface area contributed by atoms with Crippen LogP contribution in [0.1, 0.15) is 40.5 Å². The van der Waals surface area contributed by atoms with E-state index in [0.717, 1.165) is 0 Å². The van der Waals surface area contributed by atoms with Gasteiger partial charge >= 0.3 is 12.0 Å². The van der Waals surface area contributed by atoms with Crippen molar-refractivity contribution in [2.24, 2.45) is 5.92 Å². The van der Waals surface area contributed by atoms with Gasteiger partial charge in [-0.2, -0.15) is 0 Å². The van der Waals surface area contributed by atoms with Crippen molar-refractivity contribution >= 4 is 12.0 Å². The Hall–Kier alpha value is -1.30. The number of morpholine rings is 1. The van der Waals surface area contributed by atoms with Gasteiger partial charge < -0.3 is 20.1 Å². The van der Waals surface area contributed by atoms with E-state index in [1.807, 2.05) is 27.7 Å². The number of nitrogens with one attached hydrogen (secondary N) is 1. The summed E-state index contributed by atoms with van der Waals surface area (Å²) in [4.78, 5) is 24.4. The SMILES string of the molecule is CC(CCC(=O)O)CNC(=O)N1CC(C)OC(C)(C)C1. The van der Waals surface area contributed by atoms with E-state index >= 15 is 0 Å².